The van der Waals surface area contributed by atoms with E-state index in [0.717, 1.165) is 19.5 Å². The molecule has 0 aromatic heterocycles. The van der Waals surface area contributed by atoms with E-state index in [4.69, 9.17) is 0 Å². The molecule has 0 amide bonds. The van der Waals surface area contributed by atoms with Gasteiger partial charge in [0.15, 0.2) is 5.96 Å². The molecule has 0 aliphatic heterocycles. The average Bonchev–Trinajstić information content (AvgIpc) is 3.08. The lowest BCUT2D eigenvalue weighted by Crippen LogP contribution is -2.48. The Hall–Kier alpha value is -0.980. The highest BCUT2D eigenvalue weighted by Gasteiger charge is 2.42. The molecule has 0 aromatic carbocycles. The number of hydrogen-bond donors (Lipinski definition) is 2. The van der Waals surface area contributed by atoms with Gasteiger partial charge >= 0.3 is 6.18 Å². The van der Waals surface area contributed by atoms with Gasteiger partial charge < -0.3 is 15.5 Å². The zero-order valence-electron chi connectivity index (χ0n) is 14.8. The summed E-state index contributed by atoms with van der Waals surface area (Å²) in [6.45, 7) is 1.67. The molecule has 2 aliphatic rings. The van der Waals surface area contributed by atoms with Crippen LogP contribution in [0.4, 0.5) is 13.2 Å². The van der Waals surface area contributed by atoms with Gasteiger partial charge in [0.05, 0.1) is 5.92 Å². The molecule has 0 aromatic rings. The standard InChI is InChI=1S/C17H31F3N4/c1-21-16(22-10-11-24(2)15-8-3-4-9-15)23-14-7-5-6-13(12-14)17(18,19)20/h13-15H,3-12H2,1-2H3,(H2,21,22,23). The van der Waals surface area contributed by atoms with Crippen molar-refractivity contribution in [3.05, 3.63) is 0 Å². The first kappa shape index (κ1) is 19.3. The van der Waals surface area contributed by atoms with E-state index in [9.17, 15) is 13.2 Å². The molecule has 2 fully saturated rings. The first-order valence-corrected chi connectivity index (χ1v) is 9.14. The van der Waals surface area contributed by atoms with E-state index >= 15 is 0 Å². The van der Waals surface area contributed by atoms with Gasteiger partial charge in [-0.25, -0.2) is 0 Å². The SMILES string of the molecule is CN=C(NCCN(C)C1CCCC1)NC1CCCC(C(F)(F)F)C1. The Balaban J connectivity index is 1.71. The zero-order valence-corrected chi connectivity index (χ0v) is 14.8. The molecule has 2 aliphatic carbocycles. The van der Waals surface area contributed by atoms with Crippen molar-refractivity contribution in [2.24, 2.45) is 10.9 Å². The number of aliphatic imine (C=N–C) groups is 1. The van der Waals surface area contributed by atoms with Crippen molar-refractivity contribution in [1.29, 1.82) is 0 Å². The van der Waals surface area contributed by atoms with Crippen LogP contribution < -0.4 is 10.6 Å². The van der Waals surface area contributed by atoms with Crippen molar-refractivity contribution >= 4 is 5.96 Å². The minimum absolute atomic E-state index is 0.145. The molecule has 4 nitrogen and oxygen atoms in total. The van der Waals surface area contributed by atoms with Gasteiger partial charge in [0.1, 0.15) is 0 Å². The number of nitrogens with one attached hydrogen (secondary N) is 2. The molecule has 140 valence electrons. The summed E-state index contributed by atoms with van der Waals surface area (Å²) in [6, 6.07) is 0.525. The fourth-order valence-corrected chi connectivity index (χ4v) is 3.88. The van der Waals surface area contributed by atoms with Crippen LogP contribution in [0, 0.1) is 5.92 Å². The lowest BCUT2D eigenvalue weighted by molar-refractivity contribution is -0.183. The Bertz CT molecular complexity index is 405. The van der Waals surface area contributed by atoms with Crippen LogP contribution in [0.3, 0.4) is 0 Å². The minimum Gasteiger partial charge on any atom is -0.355 e. The monoisotopic (exact) mass is 348 g/mol. The maximum absolute atomic E-state index is 12.9. The van der Waals surface area contributed by atoms with Gasteiger partial charge in [0.2, 0.25) is 0 Å². The van der Waals surface area contributed by atoms with Gasteiger partial charge in [-0.15, -0.1) is 0 Å². The van der Waals surface area contributed by atoms with Gasteiger partial charge in [0.25, 0.3) is 0 Å². The van der Waals surface area contributed by atoms with Crippen LogP contribution in [0.2, 0.25) is 0 Å². The number of halogens is 3. The highest BCUT2D eigenvalue weighted by Crippen LogP contribution is 2.37. The molecule has 2 rings (SSSR count). The molecular weight excluding hydrogens is 317 g/mol. The van der Waals surface area contributed by atoms with E-state index in [1.807, 2.05) is 0 Å². The molecule has 2 atom stereocenters. The largest absolute Gasteiger partial charge is 0.391 e. The summed E-state index contributed by atoms with van der Waals surface area (Å²) in [5, 5.41) is 6.41. The molecule has 0 spiro atoms. The second-order valence-corrected chi connectivity index (χ2v) is 7.16. The van der Waals surface area contributed by atoms with E-state index in [2.05, 4.69) is 27.6 Å². The maximum atomic E-state index is 12.9. The zero-order chi connectivity index (χ0) is 17.6. The summed E-state index contributed by atoms with van der Waals surface area (Å²) in [5.74, 6) is -0.571. The highest BCUT2D eigenvalue weighted by atomic mass is 19.4. The van der Waals surface area contributed by atoms with Crippen molar-refractivity contribution in [2.45, 2.75) is 69.6 Å². The fraction of sp³-hybridized carbons (Fsp3) is 0.941. The first-order valence-electron chi connectivity index (χ1n) is 9.14. The van der Waals surface area contributed by atoms with E-state index < -0.39 is 12.1 Å². The van der Waals surface area contributed by atoms with Gasteiger partial charge in [-0.1, -0.05) is 19.3 Å². The number of nitrogens with zero attached hydrogens (tertiary/aromatic N) is 2. The Morgan fingerprint density at radius 2 is 1.83 bits per heavy atom. The van der Waals surface area contributed by atoms with Gasteiger partial charge in [0, 0.05) is 32.2 Å². The van der Waals surface area contributed by atoms with Crippen LogP contribution in [0.25, 0.3) is 0 Å². The van der Waals surface area contributed by atoms with Gasteiger partial charge in [-0.2, -0.15) is 13.2 Å². The molecule has 24 heavy (non-hydrogen) atoms. The highest BCUT2D eigenvalue weighted by molar-refractivity contribution is 5.79. The lowest BCUT2D eigenvalue weighted by Gasteiger charge is -2.32. The number of alkyl halides is 3. The second kappa shape index (κ2) is 8.92. The van der Waals surface area contributed by atoms with E-state index in [0.29, 0.717) is 18.4 Å². The van der Waals surface area contributed by atoms with Gasteiger partial charge in [-0.3, -0.25) is 4.99 Å². The second-order valence-electron chi connectivity index (χ2n) is 7.16. The Kier molecular flexibility index (Phi) is 7.19. The quantitative estimate of drug-likeness (QED) is 0.592. The molecule has 2 unspecified atom stereocenters. The molecule has 2 saturated carbocycles. The summed E-state index contributed by atoms with van der Waals surface area (Å²) in [6.07, 6.45) is 2.86. The number of rotatable bonds is 5. The van der Waals surface area contributed by atoms with Crippen LogP contribution in [-0.2, 0) is 0 Å². The van der Waals surface area contributed by atoms with Crippen molar-refractivity contribution in [1.82, 2.24) is 15.5 Å². The Morgan fingerprint density at radius 3 is 2.46 bits per heavy atom. The van der Waals surface area contributed by atoms with Crippen molar-refractivity contribution < 1.29 is 13.2 Å². The normalized spacial score (nSPS) is 26.8. The van der Waals surface area contributed by atoms with Crippen LogP contribution >= 0.6 is 0 Å². The van der Waals surface area contributed by atoms with Crippen LogP contribution in [-0.4, -0.2) is 56.3 Å². The summed E-state index contributed by atoms with van der Waals surface area (Å²) in [5.41, 5.74) is 0. The van der Waals surface area contributed by atoms with Crippen LogP contribution in [0.15, 0.2) is 4.99 Å². The smallest absolute Gasteiger partial charge is 0.355 e. The van der Waals surface area contributed by atoms with Gasteiger partial charge in [-0.05, 0) is 39.2 Å². The number of hydrogen-bond acceptors (Lipinski definition) is 2. The third-order valence-corrected chi connectivity index (χ3v) is 5.41. The summed E-state index contributed by atoms with van der Waals surface area (Å²) >= 11 is 0. The summed E-state index contributed by atoms with van der Waals surface area (Å²) < 4.78 is 38.7. The number of guanidine groups is 1. The van der Waals surface area contributed by atoms with Crippen molar-refractivity contribution in [2.75, 3.05) is 27.2 Å². The predicted octanol–water partition coefficient (Wildman–Crippen LogP) is 3.15. The van der Waals surface area contributed by atoms with E-state index in [1.165, 1.54) is 25.7 Å². The summed E-state index contributed by atoms with van der Waals surface area (Å²) in [4.78, 5) is 6.53. The van der Waals surface area contributed by atoms with Crippen molar-refractivity contribution in [3.8, 4) is 0 Å². The fourth-order valence-electron chi connectivity index (χ4n) is 3.88. The Labute approximate surface area is 143 Å². The van der Waals surface area contributed by atoms with Crippen molar-refractivity contribution in [3.63, 3.8) is 0 Å². The lowest BCUT2D eigenvalue weighted by atomic mass is 9.85. The first-order chi connectivity index (χ1) is 11.4. The minimum atomic E-state index is -4.08. The molecule has 2 N–H and O–H groups in total. The van der Waals surface area contributed by atoms with Crippen LogP contribution in [0.5, 0.6) is 0 Å². The number of likely N-dealkylation sites (N-methyl/N-ethyl adjacent to an activating group) is 1. The third kappa shape index (κ3) is 5.83. The average molecular weight is 348 g/mol. The van der Waals surface area contributed by atoms with E-state index in [1.54, 1.807) is 7.05 Å². The molecule has 0 saturated heterocycles. The van der Waals surface area contributed by atoms with E-state index in [-0.39, 0.29) is 18.9 Å². The predicted molar refractivity (Wildman–Crippen MR) is 91.2 cm³/mol. The summed E-state index contributed by atoms with van der Waals surface area (Å²) in [7, 11) is 3.81. The van der Waals surface area contributed by atoms with Crippen LogP contribution in [0.1, 0.15) is 51.4 Å². The molecule has 7 heteroatoms. The molecule has 0 bridgehead atoms. The molecular formula is C17H31F3N4. The Morgan fingerprint density at radius 1 is 1.12 bits per heavy atom. The molecule has 0 radical (unpaired) electrons. The maximum Gasteiger partial charge on any atom is 0.391 e. The topological polar surface area (TPSA) is 39.7 Å². The third-order valence-electron chi connectivity index (χ3n) is 5.41. The molecule has 0 heterocycles.